The van der Waals surface area contributed by atoms with Gasteiger partial charge in [0.2, 0.25) is 11.7 Å². The van der Waals surface area contributed by atoms with Crippen molar-refractivity contribution in [2.24, 2.45) is 0 Å². The van der Waals surface area contributed by atoms with Crippen molar-refractivity contribution in [3.63, 3.8) is 0 Å². The van der Waals surface area contributed by atoms with Gasteiger partial charge in [-0.15, -0.1) is 0 Å². The molecule has 0 saturated carbocycles. The van der Waals surface area contributed by atoms with Gasteiger partial charge < -0.3 is 4.74 Å². The fourth-order valence-electron chi connectivity index (χ4n) is 1.09. The molecular weight excluding hydrogens is 211 g/mol. The standard InChI is InChI=1S/C11H6FN2O2/c12-8-3-1-2-4-9(8)16-11-5-6-13-10(7-15)14-11/h1-6H. The molecule has 0 aliphatic carbocycles. The Morgan fingerprint density at radius 1 is 1.25 bits per heavy atom. The van der Waals surface area contributed by atoms with Crippen LogP contribution in [0.4, 0.5) is 4.39 Å². The zero-order valence-electron chi connectivity index (χ0n) is 8.05. The SMILES string of the molecule is O=[C]c1nccc(Oc2ccccc2F)n1. The number of benzene rings is 1. The minimum absolute atomic E-state index is 0.0399. The lowest BCUT2D eigenvalue weighted by Gasteiger charge is -2.04. The van der Waals surface area contributed by atoms with Crippen LogP contribution in [0, 0.1) is 5.82 Å². The molecule has 1 aromatic carbocycles. The Kier molecular flexibility index (Phi) is 2.86. The maximum atomic E-state index is 13.2. The van der Waals surface area contributed by atoms with Gasteiger partial charge in [0.25, 0.3) is 6.29 Å². The number of nitrogens with zero attached hydrogens (tertiary/aromatic N) is 2. The Morgan fingerprint density at radius 3 is 2.81 bits per heavy atom. The van der Waals surface area contributed by atoms with Gasteiger partial charge in [0.05, 0.1) is 0 Å². The van der Waals surface area contributed by atoms with Gasteiger partial charge in [-0.25, -0.2) is 9.37 Å². The highest BCUT2D eigenvalue weighted by molar-refractivity contribution is 5.69. The lowest BCUT2D eigenvalue weighted by atomic mass is 10.3. The van der Waals surface area contributed by atoms with E-state index >= 15 is 0 Å². The number of aromatic nitrogens is 2. The first-order chi connectivity index (χ1) is 7.79. The Hall–Kier alpha value is -2.30. The van der Waals surface area contributed by atoms with Crippen molar-refractivity contribution < 1.29 is 13.9 Å². The summed E-state index contributed by atoms with van der Waals surface area (Å²) in [5.41, 5.74) is 0. The highest BCUT2D eigenvalue weighted by Gasteiger charge is 2.05. The zero-order chi connectivity index (χ0) is 11.4. The van der Waals surface area contributed by atoms with Gasteiger partial charge in [0, 0.05) is 12.3 Å². The van der Waals surface area contributed by atoms with Crippen LogP contribution < -0.4 is 4.74 Å². The van der Waals surface area contributed by atoms with E-state index in [1.54, 1.807) is 12.1 Å². The molecule has 0 aliphatic rings. The van der Waals surface area contributed by atoms with Crippen LogP contribution in [0.2, 0.25) is 0 Å². The molecule has 1 radical (unpaired) electrons. The molecular formula is C11H6FN2O2. The number of rotatable bonds is 3. The average molecular weight is 217 g/mol. The quantitative estimate of drug-likeness (QED) is 0.787. The van der Waals surface area contributed by atoms with E-state index in [4.69, 9.17) is 4.74 Å². The van der Waals surface area contributed by atoms with E-state index in [0.29, 0.717) is 0 Å². The molecule has 0 saturated heterocycles. The van der Waals surface area contributed by atoms with E-state index in [1.807, 2.05) is 0 Å². The van der Waals surface area contributed by atoms with Crippen molar-refractivity contribution in [2.45, 2.75) is 0 Å². The average Bonchev–Trinajstić information content (AvgIpc) is 2.32. The third-order valence-corrected chi connectivity index (χ3v) is 1.77. The van der Waals surface area contributed by atoms with Gasteiger partial charge in [0.1, 0.15) is 0 Å². The highest BCUT2D eigenvalue weighted by Crippen LogP contribution is 2.21. The zero-order valence-corrected chi connectivity index (χ0v) is 8.05. The maximum Gasteiger partial charge on any atom is 0.274 e. The molecule has 2 rings (SSSR count). The van der Waals surface area contributed by atoms with Crippen molar-refractivity contribution in [3.8, 4) is 11.6 Å². The predicted molar refractivity (Wildman–Crippen MR) is 53.3 cm³/mol. The lowest BCUT2D eigenvalue weighted by molar-refractivity contribution is 0.425. The summed E-state index contributed by atoms with van der Waals surface area (Å²) in [6.45, 7) is 0. The lowest BCUT2D eigenvalue weighted by Crippen LogP contribution is -1.96. The van der Waals surface area contributed by atoms with Gasteiger partial charge in [0.15, 0.2) is 11.6 Å². The van der Waals surface area contributed by atoms with Crippen molar-refractivity contribution in [2.75, 3.05) is 0 Å². The number of halogens is 1. The number of hydrogen-bond donors (Lipinski definition) is 0. The summed E-state index contributed by atoms with van der Waals surface area (Å²) in [5.74, 6) is -0.497. The summed E-state index contributed by atoms with van der Waals surface area (Å²) < 4.78 is 18.4. The monoisotopic (exact) mass is 217 g/mol. The van der Waals surface area contributed by atoms with E-state index in [2.05, 4.69) is 9.97 Å². The molecule has 0 N–H and O–H groups in total. The van der Waals surface area contributed by atoms with Crippen LogP contribution >= 0.6 is 0 Å². The second-order valence-electron chi connectivity index (χ2n) is 2.85. The Morgan fingerprint density at radius 2 is 2.06 bits per heavy atom. The highest BCUT2D eigenvalue weighted by atomic mass is 19.1. The largest absolute Gasteiger partial charge is 0.436 e. The smallest absolute Gasteiger partial charge is 0.274 e. The number of ether oxygens (including phenoxy) is 1. The molecule has 79 valence electrons. The number of carbonyl (C=O) groups excluding carboxylic acids is 1. The summed E-state index contributed by atoms with van der Waals surface area (Å²) in [4.78, 5) is 17.6. The Bertz CT molecular complexity index is 517. The minimum atomic E-state index is -0.502. The van der Waals surface area contributed by atoms with Crippen molar-refractivity contribution >= 4 is 6.29 Å². The van der Waals surface area contributed by atoms with Gasteiger partial charge in [-0.2, -0.15) is 4.98 Å². The molecule has 0 fully saturated rings. The Labute approximate surface area is 90.7 Å². The van der Waals surface area contributed by atoms with Crippen LogP contribution in [-0.4, -0.2) is 16.3 Å². The summed E-state index contributed by atoms with van der Waals surface area (Å²) in [5, 5.41) is 0. The van der Waals surface area contributed by atoms with Gasteiger partial charge >= 0.3 is 0 Å². The summed E-state index contributed by atoms with van der Waals surface area (Å²) in [6.07, 6.45) is 2.86. The van der Waals surface area contributed by atoms with Crippen LogP contribution in [-0.2, 0) is 4.79 Å². The molecule has 0 atom stereocenters. The third-order valence-electron chi connectivity index (χ3n) is 1.77. The first-order valence-corrected chi connectivity index (χ1v) is 4.43. The maximum absolute atomic E-state index is 13.2. The van der Waals surface area contributed by atoms with Crippen LogP contribution in [0.25, 0.3) is 0 Å². The summed E-state index contributed by atoms with van der Waals surface area (Å²) in [6, 6.07) is 7.33. The second kappa shape index (κ2) is 4.48. The van der Waals surface area contributed by atoms with Gasteiger partial charge in [-0.05, 0) is 12.1 Å². The van der Waals surface area contributed by atoms with E-state index in [9.17, 15) is 9.18 Å². The van der Waals surface area contributed by atoms with Crippen molar-refractivity contribution in [1.29, 1.82) is 0 Å². The molecule has 0 aliphatic heterocycles. The van der Waals surface area contributed by atoms with Crippen LogP contribution in [0.5, 0.6) is 11.6 Å². The number of hydrogen-bond acceptors (Lipinski definition) is 4. The molecule has 1 heterocycles. The molecule has 0 bridgehead atoms. The third kappa shape index (κ3) is 2.20. The normalized spacial score (nSPS) is 9.81. The molecule has 5 heteroatoms. The first-order valence-electron chi connectivity index (χ1n) is 4.43. The fraction of sp³-hybridized carbons (Fsp3) is 0. The van der Waals surface area contributed by atoms with Crippen LogP contribution in [0.15, 0.2) is 36.5 Å². The number of para-hydroxylation sites is 1. The predicted octanol–water partition coefficient (Wildman–Crippen LogP) is 1.87. The first kappa shape index (κ1) is 10.2. The topological polar surface area (TPSA) is 52.1 Å². The van der Waals surface area contributed by atoms with E-state index < -0.39 is 5.82 Å². The summed E-state index contributed by atoms with van der Waals surface area (Å²) in [7, 11) is 0. The molecule has 1 aromatic heterocycles. The van der Waals surface area contributed by atoms with Crippen molar-refractivity contribution in [3.05, 3.63) is 48.2 Å². The molecule has 2 aromatic rings. The van der Waals surface area contributed by atoms with E-state index in [1.165, 1.54) is 30.7 Å². The molecule has 0 amide bonds. The second-order valence-corrected chi connectivity index (χ2v) is 2.85. The van der Waals surface area contributed by atoms with Crippen LogP contribution in [0.1, 0.15) is 5.82 Å². The van der Waals surface area contributed by atoms with Gasteiger partial charge in [-0.3, -0.25) is 4.79 Å². The Balaban J connectivity index is 2.27. The van der Waals surface area contributed by atoms with E-state index in [0.717, 1.165) is 0 Å². The molecule has 4 nitrogen and oxygen atoms in total. The summed E-state index contributed by atoms with van der Waals surface area (Å²) >= 11 is 0. The van der Waals surface area contributed by atoms with Crippen molar-refractivity contribution in [1.82, 2.24) is 9.97 Å². The molecule has 0 spiro atoms. The molecule has 0 unspecified atom stereocenters. The minimum Gasteiger partial charge on any atom is -0.436 e. The van der Waals surface area contributed by atoms with E-state index in [-0.39, 0.29) is 17.5 Å². The van der Waals surface area contributed by atoms with Crippen LogP contribution in [0.3, 0.4) is 0 Å². The fourth-order valence-corrected chi connectivity index (χ4v) is 1.09. The van der Waals surface area contributed by atoms with Gasteiger partial charge in [-0.1, -0.05) is 12.1 Å². The molecule has 16 heavy (non-hydrogen) atoms.